The third kappa shape index (κ3) is 7.09. The van der Waals surface area contributed by atoms with Crippen molar-refractivity contribution >= 4 is 29.3 Å². The zero-order valence-electron chi connectivity index (χ0n) is 21.0. The molecule has 1 heterocycles. The van der Waals surface area contributed by atoms with Crippen LogP contribution in [0.4, 0.5) is 24.5 Å². The zero-order valence-corrected chi connectivity index (χ0v) is 21.0. The first-order valence-electron chi connectivity index (χ1n) is 12.8. The van der Waals surface area contributed by atoms with Crippen LogP contribution in [0.1, 0.15) is 55.3 Å². The van der Waals surface area contributed by atoms with Gasteiger partial charge in [0.15, 0.2) is 0 Å². The molecule has 0 radical (unpaired) electrons. The minimum Gasteiger partial charge on any atom is -0.322 e. The second-order valence-electron chi connectivity index (χ2n) is 9.32. The Balaban J connectivity index is 1.50. The molecule has 8 heteroatoms. The van der Waals surface area contributed by atoms with E-state index in [0.29, 0.717) is 48.3 Å². The first-order chi connectivity index (χ1) is 18.3. The molecule has 0 aliphatic heterocycles. The van der Waals surface area contributed by atoms with Crippen molar-refractivity contribution in [3.8, 4) is 0 Å². The number of benzene rings is 2. The minimum absolute atomic E-state index is 0.253. The van der Waals surface area contributed by atoms with Gasteiger partial charge in [-0.05, 0) is 85.4 Å². The maximum absolute atomic E-state index is 13.4. The lowest BCUT2D eigenvalue weighted by molar-refractivity contribution is -0.137. The molecule has 0 saturated carbocycles. The lowest BCUT2D eigenvalue weighted by Crippen LogP contribution is -2.24. The van der Waals surface area contributed by atoms with Crippen LogP contribution in [-0.2, 0) is 22.2 Å². The number of anilines is 2. The molecule has 1 aliphatic rings. The van der Waals surface area contributed by atoms with Gasteiger partial charge in [-0.3, -0.25) is 14.6 Å². The quantitative estimate of drug-likeness (QED) is 0.323. The highest BCUT2D eigenvalue weighted by atomic mass is 19.4. The van der Waals surface area contributed by atoms with Crippen molar-refractivity contribution in [3.05, 3.63) is 95.3 Å². The number of aromatic nitrogens is 1. The SMILES string of the molecule is O=CN(CCc1ccccn1)c1ccc(NC(=O)C2=C(c3ccc(C(F)(F)F)cc3)CCCCCC2)cc1. The Hall–Kier alpha value is -3.94. The lowest BCUT2D eigenvalue weighted by atomic mass is 9.88. The Kier molecular flexibility index (Phi) is 8.94. The van der Waals surface area contributed by atoms with Gasteiger partial charge in [0.05, 0.1) is 5.56 Å². The molecule has 2 aromatic carbocycles. The Morgan fingerprint density at radius 1 is 0.921 bits per heavy atom. The van der Waals surface area contributed by atoms with E-state index in [-0.39, 0.29) is 5.91 Å². The maximum Gasteiger partial charge on any atom is 0.416 e. The van der Waals surface area contributed by atoms with Gasteiger partial charge >= 0.3 is 6.18 Å². The molecule has 3 aromatic rings. The number of carbonyl (C=O) groups is 2. The van der Waals surface area contributed by atoms with Gasteiger partial charge in [0, 0.05) is 41.8 Å². The Bertz CT molecular complexity index is 1250. The molecule has 0 spiro atoms. The van der Waals surface area contributed by atoms with E-state index in [1.165, 1.54) is 12.1 Å². The summed E-state index contributed by atoms with van der Waals surface area (Å²) in [5, 5.41) is 2.94. The van der Waals surface area contributed by atoms with Crippen LogP contribution in [0.2, 0.25) is 0 Å². The lowest BCUT2D eigenvalue weighted by Gasteiger charge is -2.20. The number of nitrogens with zero attached hydrogens (tertiary/aromatic N) is 2. The van der Waals surface area contributed by atoms with Crippen LogP contribution in [0.15, 0.2) is 78.5 Å². The number of carbonyl (C=O) groups excluding carboxylic acids is 2. The van der Waals surface area contributed by atoms with Crippen LogP contribution in [-0.4, -0.2) is 23.8 Å². The maximum atomic E-state index is 13.4. The van der Waals surface area contributed by atoms with Crippen LogP contribution in [0.3, 0.4) is 0 Å². The molecule has 0 unspecified atom stereocenters. The predicted molar refractivity (Wildman–Crippen MR) is 142 cm³/mol. The van der Waals surface area contributed by atoms with Crippen LogP contribution in [0, 0.1) is 0 Å². The van der Waals surface area contributed by atoms with Gasteiger partial charge in [-0.25, -0.2) is 0 Å². The third-order valence-corrected chi connectivity index (χ3v) is 6.72. The number of allylic oxidation sites excluding steroid dienone is 1. The number of alkyl halides is 3. The fourth-order valence-corrected chi connectivity index (χ4v) is 4.65. The van der Waals surface area contributed by atoms with Crippen molar-refractivity contribution in [1.82, 2.24) is 4.98 Å². The van der Waals surface area contributed by atoms with Gasteiger partial charge in [0.25, 0.3) is 5.91 Å². The van der Waals surface area contributed by atoms with Crippen LogP contribution < -0.4 is 10.2 Å². The summed E-state index contributed by atoms with van der Waals surface area (Å²) >= 11 is 0. The number of rotatable bonds is 8. The molecule has 0 saturated heterocycles. The molecule has 2 amide bonds. The van der Waals surface area contributed by atoms with E-state index < -0.39 is 11.7 Å². The number of halogens is 3. The average molecular weight is 522 g/mol. The fourth-order valence-electron chi connectivity index (χ4n) is 4.65. The molecule has 0 atom stereocenters. The summed E-state index contributed by atoms with van der Waals surface area (Å²) < 4.78 is 39.1. The van der Waals surface area contributed by atoms with E-state index in [1.54, 1.807) is 35.4 Å². The van der Waals surface area contributed by atoms with Gasteiger partial charge in [0.1, 0.15) is 0 Å². The molecule has 0 bridgehead atoms. The molecule has 198 valence electrons. The normalized spacial score (nSPS) is 14.4. The first-order valence-corrected chi connectivity index (χ1v) is 12.8. The average Bonchev–Trinajstić information content (AvgIpc) is 2.90. The number of hydrogen-bond donors (Lipinski definition) is 1. The van der Waals surface area contributed by atoms with E-state index in [0.717, 1.165) is 55.5 Å². The predicted octanol–water partition coefficient (Wildman–Crippen LogP) is 7.05. The second-order valence-corrected chi connectivity index (χ2v) is 9.32. The van der Waals surface area contributed by atoms with Crippen molar-refractivity contribution in [1.29, 1.82) is 0 Å². The molecule has 1 N–H and O–H groups in total. The van der Waals surface area contributed by atoms with E-state index in [2.05, 4.69) is 10.3 Å². The van der Waals surface area contributed by atoms with Crippen molar-refractivity contribution in [2.24, 2.45) is 0 Å². The Labute approximate surface area is 220 Å². The Morgan fingerprint density at radius 2 is 1.63 bits per heavy atom. The summed E-state index contributed by atoms with van der Waals surface area (Å²) in [5.41, 5.74) is 3.52. The molecule has 1 aliphatic carbocycles. The first kappa shape index (κ1) is 27.1. The van der Waals surface area contributed by atoms with Crippen molar-refractivity contribution in [3.63, 3.8) is 0 Å². The van der Waals surface area contributed by atoms with Crippen LogP contribution >= 0.6 is 0 Å². The molecule has 4 rings (SSSR count). The van der Waals surface area contributed by atoms with E-state index in [4.69, 9.17) is 0 Å². The highest BCUT2D eigenvalue weighted by Gasteiger charge is 2.30. The van der Waals surface area contributed by atoms with Crippen LogP contribution in [0.5, 0.6) is 0 Å². The van der Waals surface area contributed by atoms with Crippen molar-refractivity contribution < 1.29 is 22.8 Å². The highest BCUT2D eigenvalue weighted by molar-refractivity contribution is 6.09. The molecule has 0 fully saturated rings. The van der Waals surface area contributed by atoms with Crippen molar-refractivity contribution in [2.45, 2.75) is 51.1 Å². The summed E-state index contributed by atoms with van der Waals surface area (Å²) in [6.07, 6.45) is 3.64. The van der Waals surface area contributed by atoms with E-state index >= 15 is 0 Å². The fraction of sp³-hybridized carbons (Fsp3) is 0.300. The highest BCUT2D eigenvalue weighted by Crippen LogP contribution is 2.34. The molecular weight excluding hydrogens is 491 g/mol. The molecular formula is C30H30F3N3O2. The van der Waals surface area contributed by atoms with Crippen LogP contribution in [0.25, 0.3) is 5.57 Å². The van der Waals surface area contributed by atoms with Gasteiger partial charge in [-0.2, -0.15) is 13.2 Å². The zero-order chi connectivity index (χ0) is 27.0. The minimum atomic E-state index is -4.40. The second kappa shape index (κ2) is 12.5. The standard InChI is InChI=1S/C30H30F3N3O2/c31-30(32,33)23-12-10-22(11-13-23)27-8-3-1-2-4-9-28(27)29(38)35-25-14-16-26(17-15-25)36(21-37)20-18-24-7-5-6-19-34-24/h5-7,10-17,19,21H,1-4,8-9,18,20H2,(H,35,38). The number of amides is 2. The van der Waals surface area contributed by atoms with E-state index in [1.807, 2.05) is 18.2 Å². The van der Waals surface area contributed by atoms with Crippen molar-refractivity contribution in [2.75, 3.05) is 16.8 Å². The number of pyridine rings is 1. The summed E-state index contributed by atoms with van der Waals surface area (Å²) in [6, 6.07) is 17.7. The van der Waals surface area contributed by atoms with E-state index in [9.17, 15) is 22.8 Å². The Morgan fingerprint density at radius 3 is 2.26 bits per heavy atom. The summed E-state index contributed by atoms with van der Waals surface area (Å²) in [6.45, 7) is 0.468. The summed E-state index contributed by atoms with van der Waals surface area (Å²) in [4.78, 5) is 30.9. The smallest absolute Gasteiger partial charge is 0.322 e. The molecule has 1 aromatic heterocycles. The molecule has 38 heavy (non-hydrogen) atoms. The number of nitrogens with one attached hydrogen (secondary N) is 1. The van der Waals surface area contributed by atoms with Gasteiger partial charge in [0.2, 0.25) is 6.41 Å². The molecule has 5 nitrogen and oxygen atoms in total. The van der Waals surface area contributed by atoms with Gasteiger partial charge in [-0.1, -0.05) is 31.0 Å². The summed E-state index contributed by atoms with van der Waals surface area (Å²) in [5.74, 6) is -0.253. The van der Waals surface area contributed by atoms with Gasteiger partial charge < -0.3 is 10.2 Å². The van der Waals surface area contributed by atoms with Gasteiger partial charge in [-0.15, -0.1) is 0 Å². The third-order valence-electron chi connectivity index (χ3n) is 6.72. The topological polar surface area (TPSA) is 62.3 Å². The monoisotopic (exact) mass is 521 g/mol. The largest absolute Gasteiger partial charge is 0.416 e. The number of hydrogen-bond acceptors (Lipinski definition) is 3. The summed E-state index contributed by atoms with van der Waals surface area (Å²) in [7, 11) is 0.